The van der Waals surface area contributed by atoms with Crippen LogP contribution in [0.4, 0.5) is 33.5 Å². The molecule has 0 bridgehead atoms. The number of rotatable bonds is 5. The number of hydrogen-bond donors (Lipinski definition) is 3. The van der Waals surface area contributed by atoms with Gasteiger partial charge in [-0.3, -0.25) is 9.48 Å². The molecule has 0 radical (unpaired) electrons. The molecule has 0 aliphatic heterocycles. The minimum absolute atomic E-state index is 0.00160. The third-order valence-electron chi connectivity index (χ3n) is 6.55. The summed E-state index contributed by atoms with van der Waals surface area (Å²) < 4.78 is 75.3. The molecule has 3 aromatic carbocycles. The number of aliphatic hydroxyl groups excluding tert-OH is 1. The molecule has 13 heteroatoms. The molecule has 0 spiro atoms. The average molecular weight is 591 g/mol. The van der Waals surface area contributed by atoms with Crippen LogP contribution in [0.2, 0.25) is 5.02 Å². The van der Waals surface area contributed by atoms with Crippen molar-refractivity contribution in [1.29, 1.82) is 0 Å². The summed E-state index contributed by atoms with van der Waals surface area (Å²) in [5, 5.41) is 16.5. The Morgan fingerprint density at radius 2 is 1.93 bits per heavy atom. The number of nitrogens with one attached hydrogen (secondary N) is 1. The number of aryl methyl sites for hydroxylation is 1. The second kappa shape index (κ2) is 10.2. The monoisotopic (exact) mass is 590 g/mol. The number of nitrogens with two attached hydrogens (primary N) is 1. The topological polar surface area (TPSA) is 102 Å². The predicted molar refractivity (Wildman–Crippen MR) is 142 cm³/mol. The number of alkyl halides is 3. The van der Waals surface area contributed by atoms with Gasteiger partial charge in [0, 0.05) is 18.7 Å². The molecule has 1 saturated carbocycles. The van der Waals surface area contributed by atoms with Gasteiger partial charge in [-0.15, -0.1) is 0 Å². The van der Waals surface area contributed by atoms with Gasteiger partial charge in [-0.05, 0) is 49.2 Å². The van der Waals surface area contributed by atoms with E-state index in [4.69, 9.17) is 22.1 Å². The first-order valence-electron chi connectivity index (χ1n) is 12.1. The molecule has 5 rings (SSSR count). The highest BCUT2D eigenvalue weighted by Gasteiger charge is 2.40. The highest BCUT2D eigenvalue weighted by molar-refractivity contribution is 6.32. The number of nitrogens with zero attached hydrogens (tertiary/aromatic N) is 2. The van der Waals surface area contributed by atoms with Crippen molar-refractivity contribution in [1.82, 2.24) is 9.78 Å². The first kappa shape index (κ1) is 28.2. The van der Waals surface area contributed by atoms with Crippen LogP contribution >= 0.6 is 11.6 Å². The van der Waals surface area contributed by atoms with Gasteiger partial charge in [-0.1, -0.05) is 23.4 Å². The van der Waals surface area contributed by atoms with Gasteiger partial charge in [0.2, 0.25) is 0 Å². The standard InChI is InChI=1S/C28H20ClF5N4O3/c1-38-23-14(4-5-27(13-39)6-7-27)10-20(36-26(40)15-8-16(28(32,33)34)11-18(31)9-15)24(22(23)25(35)37-38)41-21-12-17(30)2-3-19(21)29/h2-3,8-12,39H,6-7,13H2,1H3,(H2,35,37)(H,36,40). The molecule has 212 valence electrons. The average Bonchev–Trinajstić information content (AvgIpc) is 3.63. The summed E-state index contributed by atoms with van der Waals surface area (Å²) in [6.45, 7) is -0.166. The molecule has 1 aliphatic carbocycles. The van der Waals surface area contributed by atoms with Crippen LogP contribution < -0.4 is 15.8 Å². The maximum Gasteiger partial charge on any atom is 0.416 e. The SMILES string of the molecule is Cn1nc(N)c2c(Oc3cc(F)ccc3Cl)c(NC(=O)c3cc(F)cc(C(F)(F)F)c3)cc(C#CC3(CO)CC3)c21. The van der Waals surface area contributed by atoms with Gasteiger partial charge in [0.25, 0.3) is 5.91 Å². The van der Waals surface area contributed by atoms with E-state index in [0.717, 1.165) is 12.1 Å². The fourth-order valence-electron chi connectivity index (χ4n) is 4.20. The van der Waals surface area contributed by atoms with Gasteiger partial charge >= 0.3 is 6.18 Å². The van der Waals surface area contributed by atoms with Crippen molar-refractivity contribution >= 4 is 39.9 Å². The number of ether oxygens (including phenoxy) is 1. The van der Waals surface area contributed by atoms with Crippen LogP contribution in [0.1, 0.15) is 34.3 Å². The van der Waals surface area contributed by atoms with E-state index in [1.54, 1.807) is 7.05 Å². The first-order valence-corrected chi connectivity index (χ1v) is 12.4. The predicted octanol–water partition coefficient (Wildman–Crippen LogP) is 6.27. The van der Waals surface area contributed by atoms with Crippen molar-refractivity contribution in [3.8, 4) is 23.3 Å². The van der Waals surface area contributed by atoms with E-state index in [1.807, 2.05) is 0 Å². The number of fused-ring (bicyclic) bond motifs is 1. The maximum atomic E-state index is 14.1. The van der Waals surface area contributed by atoms with Crippen LogP contribution in [0.25, 0.3) is 10.9 Å². The molecule has 0 unspecified atom stereocenters. The fraction of sp³-hybridized carbons (Fsp3) is 0.214. The summed E-state index contributed by atoms with van der Waals surface area (Å²) in [6.07, 6.45) is -3.55. The molecule has 1 aliphatic rings. The fourth-order valence-corrected chi connectivity index (χ4v) is 4.36. The Kier molecular flexibility index (Phi) is 7.05. The molecular weight excluding hydrogens is 571 g/mol. The smallest absolute Gasteiger partial charge is 0.416 e. The number of aliphatic hydroxyl groups is 1. The van der Waals surface area contributed by atoms with Crippen LogP contribution in [0.15, 0.2) is 42.5 Å². The Morgan fingerprint density at radius 1 is 1.20 bits per heavy atom. The lowest BCUT2D eigenvalue weighted by Gasteiger charge is -2.17. The van der Waals surface area contributed by atoms with Gasteiger partial charge in [-0.2, -0.15) is 18.3 Å². The molecule has 41 heavy (non-hydrogen) atoms. The zero-order valence-electron chi connectivity index (χ0n) is 21.2. The number of carbonyl (C=O) groups excluding carboxylic acids is 1. The number of anilines is 2. The van der Waals surface area contributed by atoms with Gasteiger partial charge in [0.05, 0.1) is 44.8 Å². The lowest BCUT2D eigenvalue weighted by molar-refractivity contribution is -0.137. The molecule has 0 saturated heterocycles. The minimum Gasteiger partial charge on any atom is -0.453 e. The Morgan fingerprint density at radius 3 is 2.59 bits per heavy atom. The number of aromatic nitrogens is 2. The number of benzene rings is 3. The Balaban J connectivity index is 1.70. The molecule has 1 fully saturated rings. The Labute approximate surface area is 234 Å². The summed E-state index contributed by atoms with van der Waals surface area (Å²) >= 11 is 6.20. The van der Waals surface area contributed by atoms with Crippen molar-refractivity contribution in [3.63, 3.8) is 0 Å². The number of nitrogen functional groups attached to an aromatic ring is 1. The van der Waals surface area contributed by atoms with E-state index in [2.05, 4.69) is 22.3 Å². The summed E-state index contributed by atoms with van der Waals surface area (Å²) in [6, 6.07) is 6.10. The quantitative estimate of drug-likeness (QED) is 0.188. The summed E-state index contributed by atoms with van der Waals surface area (Å²) in [7, 11) is 1.57. The van der Waals surface area contributed by atoms with Gasteiger partial charge in [-0.25, -0.2) is 8.78 Å². The third-order valence-corrected chi connectivity index (χ3v) is 6.86. The summed E-state index contributed by atoms with van der Waals surface area (Å²) in [5.74, 6) is 2.52. The normalized spacial score (nSPS) is 14.0. The van der Waals surface area contributed by atoms with Crippen molar-refractivity contribution in [2.45, 2.75) is 19.0 Å². The largest absolute Gasteiger partial charge is 0.453 e. The molecule has 1 amide bonds. The highest BCUT2D eigenvalue weighted by atomic mass is 35.5. The zero-order chi connectivity index (χ0) is 29.7. The van der Waals surface area contributed by atoms with E-state index in [9.17, 15) is 31.9 Å². The molecular formula is C28H20ClF5N4O3. The Bertz CT molecular complexity index is 1770. The second-order valence-corrected chi connectivity index (χ2v) is 9.99. The van der Waals surface area contributed by atoms with E-state index < -0.39 is 40.3 Å². The van der Waals surface area contributed by atoms with Crippen molar-refractivity contribution in [2.24, 2.45) is 12.5 Å². The van der Waals surface area contributed by atoms with Crippen molar-refractivity contribution in [2.75, 3.05) is 17.7 Å². The van der Waals surface area contributed by atoms with Crippen LogP contribution in [0.3, 0.4) is 0 Å². The minimum atomic E-state index is -4.91. The molecule has 4 N–H and O–H groups in total. The summed E-state index contributed by atoms with van der Waals surface area (Å²) in [5.41, 5.74) is 4.12. The van der Waals surface area contributed by atoms with E-state index in [0.29, 0.717) is 30.5 Å². The number of hydrogen-bond acceptors (Lipinski definition) is 5. The van der Waals surface area contributed by atoms with E-state index in [-0.39, 0.29) is 51.6 Å². The van der Waals surface area contributed by atoms with Gasteiger partial charge < -0.3 is 20.9 Å². The van der Waals surface area contributed by atoms with Gasteiger partial charge in [0.15, 0.2) is 11.6 Å². The molecule has 1 aromatic heterocycles. The highest BCUT2D eigenvalue weighted by Crippen LogP contribution is 2.46. The molecule has 0 atom stereocenters. The van der Waals surface area contributed by atoms with Crippen molar-refractivity contribution in [3.05, 3.63) is 75.8 Å². The number of halogens is 6. The lowest BCUT2D eigenvalue weighted by Crippen LogP contribution is -2.15. The molecule has 7 nitrogen and oxygen atoms in total. The van der Waals surface area contributed by atoms with E-state index >= 15 is 0 Å². The van der Waals surface area contributed by atoms with Crippen LogP contribution in [-0.4, -0.2) is 27.4 Å². The summed E-state index contributed by atoms with van der Waals surface area (Å²) in [4.78, 5) is 13.2. The zero-order valence-corrected chi connectivity index (χ0v) is 21.9. The molecule has 4 aromatic rings. The lowest BCUT2D eigenvalue weighted by atomic mass is 10.0. The molecule has 1 heterocycles. The number of carbonyl (C=O) groups is 1. The Hall–Kier alpha value is -4.34. The van der Waals surface area contributed by atoms with Crippen LogP contribution in [0, 0.1) is 28.9 Å². The number of amides is 1. The first-order chi connectivity index (χ1) is 19.3. The van der Waals surface area contributed by atoms with Crippen molar-refractivity contribution < 1.29 is 36.6 Å². The maximum absolute atomic E-state index is 14.1. The third kappa shape index (κ3) is 5.64. The van der Waals surface area contributed by atoms with Gasteiger partial charge in [0.1, 0.15) is 17.4 Å². The van der Waals surface area contributed by atoms with E-state index in [1.165, 1.54) is 16.8 Å². The van der Waals surface area contributed by atoms with Crippen LogP contribution in [0.5, 0.6) is 11.5 Å². The van der Waals surface area contributed by atoms with Crippen LogP contribution in [-0.2, 0) is 13.2 Å². The second-order valence-electron chi connectivity index (χ2n) is 9.58.